The molecule has 0 aromatic carbocycles. The van der Waals surface area contributed by atoms with E-state index in [1.807, 2.05) is 7.05 Å². The Morgan fingerprint density at radius 2 is 0.500 bits per heavy atom. The van der Waals surface area contributed by atoms with Crippen LogP contribution in [0, 0.1) is 0 Å². The topological polar surface area (TPSA) is 104 Å². The van der Waals surface area contributed by atoms with Crippen LogP contribution in [0.4, 0.5) is 0 Å². The van der Waals surface area contributed by atoms with Gasteiger partial charge in [0.2, 0.25) is 0 Å². The van der Waals surface area contributed by atoms with Gasteiger partial charge in [-0.05, 0) is 13.5 Å². The Balaban J connectivity index is 3.03. The Hall–Kier alpha value is -0.440. The second-order valence-corrected chi connectivity index (χ2v) is 10.4. The number of likely N-dealkylation sites (N-methyl/N-ethyl adjacent to an activating group) is 1. The highest BCUT2D eigenvalue weighted by atomic mass is 16.6. The van der Waals surface area contributed by atoms with Crippen LogP contribution in [-0.4, -0.2) is 146 Å². The first-order valence-electron chi connectivity index (χ1n) is 17.3. The minimum Gasteiger partial charge on any atom is -0.379 e. The Kier molecular flexibility index (Phi) is 42.1. The van der Waals surface area contributed by atoms with Gasteiger partial charge in [-0.15, -0.1) is 0 Å². The first-order valence-corrected chi connectivity index (χ1v) is 17.3. The number of ether oxygens (including phenoxy) is 10. The van der Waals surface area contributed by atoms with Crippen LogP contribution in [0.3, 0.4) is 0 Å². The SMILES string of the molecule is CCCCCCCCCCCCOCCOCCOCCOCCOCCOCCOCCOCCOCCOCCNC. The van der Waals surface area contributed by atoms with Crippen molar-refractivity contribution in [3.63, 3.8) is 0 Å². The van der Waals surface area contributed by atoms with E-state index in [1.54, 1.807) is 0 Å². The molecular weight excluding hydrogens is 570 g/mol. The van der Waals surface area contributed by atoms with E-state index in [1.165, 1.54) is 57.8 Å². The molecule has 0 atom stereocenters. The molecule has 0 aromatic rings. The molecular formula is C33H69NO10. The van der Waals surface area contributed by atoms with Crippen molar-refractivity contribution >= 4 is 0 Å². The van der Waals surface area contributed by atoms with E-state index in [-0.39, 0.29) is 0 Å². The summed E-state index contributed by atoms with van der Waals surface area (Å²) < 4.78 is 54.9. The maximum atomic E-state index is 5.64. The van der Waals surface area contributed by atoms with Crippen LogP contribution in [0.15, 0.2) is 0 Å². The highest BCUT2D eigenvalue weighted by Gasteiger charge is 1.97. The number of hydrogen-bond donors (Lipinski definition) is 1. The molecule has 0 radical (unpaired) electrons. The summed E-state index contributed by atoms with van der Waals surface area (Å²) in [4.78, 5) is 0. The largest absolute Gasteiger partial charge is 0.379 e. The molecule has 0 heterocycles. The molecule has 0 saturated carbocycles. The normalized spacial score (nSPS) is 11.6. The fourth-order valence-corrected chi connectivity index (χ4v) is 3.95. The Bertz CT molecular complexity index is 451. The molecule has 44 heavy (non-hydrogen) atoms. The van der Waals surface area contributed by atoms with Crippen LogP contribution in [-0.2, 0) is 47.4 Å². The van der Waals surface area contributed by atoms with E-state index in [0.717, 1.165) is 19.6 Å². The third kappa shape index (κ3) is 41.6. The van der Waals surface area contributed by atoms with Crippen molar-refractivity contribution in [2.75, 3.05) is 146 Å². The molecule has 11 nitrogen and oxygen atoms in total. The molecule has 11 heteroatoms. The quantitative estimate of drug-likeness (QED) is 0.0969. The molecule has 266 valence electrons. The number of nitrogens with one attached hydrogen (secondary N) is 1. The van der Waals surface area contributed by atoms with Crippen LogP contribution in [0.1, 0.15) is 71.1 Å². The average molecular weight is 640 g/mol. The average Bonchev–Trinajstić information content (AvgIpc) is 3.04. The van der Waals surface area contributed by atoms with E-state index in [0.29, 0.717) is 126 Å². The second kappa shape index (κ2) is 42.6. The zero-order valence-electron chi connectivity index (χ0n) is 28.5. The lowest BCUT2D eigenvalue weighted by atomic mass is 10.1. The molecule has 0 rings (SSSR count). The van der Waals surface area contributed by atoms with Gasteiger partial charge in [-0.1, -0.05) is 64.7 Å². The van der Waals surface area contributed by atoms with Gasteiger partial charge in [-0.2, -0.15) is 0 Å². The maximum absolute atomic E-state index is 5.64. The summed E-state index contributed by atoms with van der Waals surface area (Å²) in [5, 5.41) is 3.02. The van der Waals surface area contributed by atoms with E-state index < -0.39 is 0 Å². The van der Waals surface area contributed by atoms with Crippen LogP contribution in [0.25, 0.3) is 0 Å². The van der Waals surface area contributed by atoms with Gasteiger partial charge in [0.25, 0.3) is 0 Å². The molecule has 0 fully saturated rings. The predicted molar refractivity (Wildman–Crippen MR) is 174 cm³/mol. The number of hydrogen-bond acceptors (Lipinski definition) is 11. The standard InChI is InChI=1S/C33H69NO10/c1-3-4-5-6-7-8-9-10-11-12-14-35-16-18-37-20-22-39-24-26-41-28-30-43-32-33-44-31-29-42-27-25-40-23-21-38-19-17-36-15-13-34-2/h34H,3-33H2,1-2H3. The van der Waals surface area contributed by atoms with Crippen molar-refractivity contribution in [3.8, 4) is 0 Å². The van der Waals surface area contributed by atoms with Gasteiger partial charge < -0.3 is 52.7 Å². The Morgan fingerprint density at radius 1 is 0.273 bits per heavy atom. The minimum absolute atomic E-state index is 0.531. The molecule has 0 aliphatic heterocycles. The van der Waals surface area contributed by atoms with Gasteiger partial charge in [0, 0.05) is 13.2 Å². The van der Waals surface area contributed by atoms with Crippen molar-refractivity contribution in [2.24, 2.45) is 0 Å². The molecule has 0 aliphatic carbocycles. The van der Waals surface area contributed by atoms with Gasteiger partial charge in [-0.3, -0.25) is 0 Å². The summed E-state index contributed by atoms with van der Waals surface area (Å²) in [6.07, 6.45) is 13.4. The molecule has 0 unspecified atom stereocenters. The Labute approximate surface area is 269 Å². The second-order valence-electron chi connectivity index (χ2n) is 10.4. The lowest BCUT2D eigenvalue weighted by Crippen LogP contribution is -2.17. The lowest BCUT2D eigenvalue weighted by molar-refractivity contribution is -0.0264. The summed E-state index contributed by atoms with van der Waals surface area (Å²) in [5.74, 6) is 0. The highest BCUT2D eigenvalue weighted by molar-refractivity contribution is 4.47. The number of unbranched alkanes of at least 4 members (excludes halogenated alkanes) is 9. The minimum atomic E-state index is 0.531. The summed E-state index contributed by atoms with van der Waals surface area (Å²) in [7, 11) is 1.90. The van der Waals surface area contributed by atoms with E-state index in [4.69, 9.17) is 47.4 Å². The molecule has 0 aliphatic rings. The van der Waals surface area contributed by atoms with Crippen LogP contribution in [0.5, 0.6) is 0 Å². The first-order chi connectivity index (χ1) is 21.9. The van der Waals surface area contributed by atoms with Crippen molar-refractivity contribution < 1.29 is 47.4 Å². The molecule has 0 bridgehead atoms. The Morgan fingerprint density at radius 3 is 0.773 bits per heavy atom. The van der Waals surface area contributed by atoms with Crippen molar-refractivity contribution in [1.82, 2.24) is 5.32 Å². The summed E-state index contributed by atoms with van der Waals surface area (Å²) in [6, 6.07) is 0. The third-order valence-corrected chi connectivity index (χ3v) is 6.49. The molecule has 0 aromatic heterocycles. The molecule has 0 spiro atoms. The van der Waals surface area contributed by atoms with Gasteiger partial charge in [0.1, 0.15) is 0 Å². The van der Waals surface area contributed by atoms with Crippen molar-refractivity contribution in [2.45, 2.75) is 71.1 Å². The number of rotatable bonds is 41. The lowest BCUT2D eigenvalue weighted by Gasteiger charge is -2.09. The van der Waals surface area contributed by atoms with E-state index >= 15 is 0 Å². The monoisotopic (exact) mass is 639 g/mol. The third-order valence-electron chi connectivity index (χ3n) is 6.49. The smallest absolute Gasteiger partial charge is 0.0701 e. The summed E-state index contributed by atoms with van der Waals surface area (Å²) in [5.41, 5.74) is 0. The summed E-state index contributed by atoms with van der Waals surface area (Å²) >= 11 is 0. The fraction of sp³-hybridized carbons (Fsp3) is 1.00. The van der Waals surface area contributed by atoms with Crippen molar-refractivity contribution in [3.05, 3.63) is 0 Å². The summed E-state index contributed by atoms with van der Waals surface area (Å²) in [6.45, 7) is 14.7. The van der Waals surface area contributed by atoms with E-state index in [2.05, 4.69) is 12.2 Å². The molecule has 0 amide bonds. The fourth-order valence-electron chi connectivity index (χ4n) is 3.95. The van der Waals surface area contributed by atoms with Crippen molar-refractivity contribution in [1.29, 1.82) is 0 Å². The van der Waals surface area contributed by atoms with Crippen LogP contribution < -0.4 is 5.32 Å². The zero-order chi connectivity index (χ0) is 31.7. The first kappa shape index (κ1) is 43.6. The van der Waals surface area contributed by atoms with Gasteiger partial charge >= 0.3 is 0 Å². The molecule has 0 saturated heterocycles. The van der Waals surface area contributed by atoms with Crippen LogP contribution in [0.2, 0.25) is 0 Å². The predicted octanol–water partition coefficient (Wildman–Crippen LogP) is 4.29. The maximum Gasteiger partial charge on any atom is 0.0701 e. The van der Waals surface area contributed by atoms with E-state index in [9.17, 15) is 0 Å². The molecule has 1 N–H and O–H groups in total. The zero-order valence-corrected chi connectivity index (χ0v) is 28.5. The van der Waals surface area contributed by atoms with Gasteiger partial charge in [0.15, 0.2) is 0 Å². The van der Waals surface area contributed by atoms with Crippen LogP contribution >= 0.6 is 0 Å². The van der Waals surface area contributed by atoms with Gasteiger partial charge in [0.05, 0.1) is 126 Å². The highest BCUT2D eigenvalue weighted by Crippen LogP contribution is 2.10. The van der Waals surface area contributed by atoms with Gasteiger partial charge in [-0.25, -0.2) is 0 Å².